The van der Waals surface area contributed by atoms with Crippen molar-refractivity contribution in [3.8, 4) is 0 Å². The van der Waals surface area contributed by atoms with E-state index in [9.17, 15) is 9.59 Å². The zero-order valence-corrected chi connectivity index (χ0v) is 18.4. The van der Waals surface area contributed by atoms with E-state index in [0.29, 0.717) is 10.9 Å². The largest absolute Gasteiger partial charge is 0.352 e. The van der Waals surface area contributed by atoms with Crippen molar-refractivity contribution in [2.24, 2.45) is 5.92 Å². The molecule has 4 rings (SSSR count). The number of piperidine rings is 1. The minimum absolute atomic E-state index is 0.0105. The highest BCUT2D eigenvalue weighted by Gasteiger charge is 2.23. The fourth-order valence-electron chi connectivity index (χ4n) is 4.67. The fraction of sp³-hybridized carbons (Fsp3) is 0.591. The van der Waals surface area contributed by atoms with Crippen LogP contribution >= 0.6 is 15.9 Å². The number of halogens is 1. The van der Waals surface area contributed by atoms with Crippen LogP contribution in [0.25, 0.3) is 10.9 Å². The number of nitrogens with one attached hydrogen (secondary N) is 1. The maximum Gasteiger partial charge on any atom is 0.261 e. The van der Waals surface area contributed by atoms with Crippen molar-refractivity contribution in [2.45, 2.75) is 57.5 Å². The van der Waals surface area contributed by atoms with E-state index in [4.69, 9.17) is 0 Å². The maximum absolute atomic E-state index is 12.7. The second kappa shape index (κ2) is 9.39. The molecule has 0 unspecified atom stereocenters. The van der Waals surface area contributed by atoms with Gasteiger partial charge in [0.2, 0.25) is 5.91 Å². The summed E-state index contributed by atoms with van der Waals surface area (Å²) >= 11 is 3.38. The lowest BCUT2D eigenvalue weighted by molar-refractivity contribution is -0.122. The summed E-state index contributed by atoms with van der Waals surface area (Å²) in [7, 11) is 0. The van der Waals surface area contributed by atoms with Gasteiger partial charge in [0.25, 0.3) is 5.56 Å². The van der Waals surface area contributed by atoms with Gasteiger partial charge in [0.1, 0.15) is 6.54 Å². The van der Waals surface area contributed by atoms with Gasteiger partial charge < -0.3 is 10.2 Å². The summed E-state index contributed by atoms with van der Waals surface area (Å²) in [5, 5.41) is 3.63. The molecule has 1 aliphatic carbocycles. The average Bonchev–Trinajstić information content (AvgIpc) is 2.73. The van der Waals surface area contributed by atoms with Crippen LogP contribution in [0.1, 0.15) is 44.9 Å². The Morgan fingerprint density at radius 2 is 1.90 bits per heavy atom. The molecule has 7 heteroatoms. The number of carbonyl (C=O) groups is 1. The summed E-state index contributed by atoms with van der Waals surface area (Å²) in [6.07, 6.45) is 10.4. The molecular weight excluding hydrogens is 432 g/mol. The first-order valence-corrected chi connectivity index (χ1v) is 11.5. The van der Waals surface area contributed by atoms with Crippen molar-refractivity contribution in [2.75, 3.05) is 19.6 Å². The van der Waals surface area contributed by atoms with E-state index in [1.54, 1.807) is 12.1 Å². The fourth-order valence-corrected chi connectivity index (χ4v) is 5.03. The SMILES string of the molecule is O=C(Cn1cnc2ccc(Br)cc2c1=O)NC1CCN(CC2CCCCC2)CC1. The lowest BCUT2D eigenvalue weighted by atomic mass is 9.88. The van der Waals surface area contributed by atoms with Gasteiger partial charge in [-0.25, -0.2) is 4.98 Å². The molecule has 0 radical (unpaired) electrons. The Hall–Kier alpha value is -1.73. The monoisotopic (exact) mass is 460 g/mol. The van der Waals surface area contributed by atoms with Crippen molar-refractivity contribution >= 4 is 32.7 Å². The molecule has 2 aromatic rings. The van der Waals surface area contributed by atoms with Gasteiger partial charge in [0, 0.05) is 30.1 Å². The van der Waals surface area contributed by atoms with Gasteiger partial charge in [-0.05, 0) is 49.8 Å². The van der Waals surface area contributed by atoms with Gasteiger partial charge in [-0.15, -0.1) is 0 Å². The standard InChI is InChI=1S/C22H29BrN4O2/c23-17-6-7-20-19(12-17)22(29)27(15-24-20)14-21(28)25-18-8-10-26(11-9-18)13-16-4-2-1-3-5-16/h6-7,12,15-16,18H,1-5,8-11,13-14H2,(H,25,28). The van der Waals surface area contributed by atoms with Gasteiger partial charge in [-0.3, -0.25) is 14.2 Å². The average molecular weight is 461 g/mol. The smallest absolute Gasteiger partial charge is 0.261 e. The third-order valence-electron chi connectivity index (χ3n) is 6.29. The number of benzene rings is 1. The number of aromatic nitrogens is 2. The van der Waals surface area contributed by atoms with Gasteiger partial charge in [-0.1, -0.05) is 35.2 Å². The van der Waals surface area contributed by atoms with Crippen LogP contribution in [0, 0.1) is 5.92 Å². The number of fused-ring (bicyclic) bond motifs is 1. The molecule has 0 atom stereocenters. The number of nitrogens with zero attached hydrogens (tertiary/aromatic N) is 3. The Morgan fingerprint density at radius 1 is 1.14 bits per heavy atom. The predicted octanol–water partition coefficient (Wildman–Crippen LogP) is 3.32. The molecule has 1 saturated carbocycles. The summed E-state index contributed by atoms with van der Waals surface area (Å²) in [6, 6.07) is 5.60. The van der Waals surface area contributed by atoms with E-state index in [-0.39, 0.29) is 24.1 Å². The zero-order chi connectivity index (χ0) is 20.2. The molecule has 1 aromatic carbocycles. The quantitative estimate of drug-likeness (QED) is 0.742. The van der Waals surface area contributed by atoms with E-state index >= 15 is 0 Å². The van der Waals surface area contributed by atoms with Crippen LogP contribution < -0.4 is 10.9 Å². The Morgan fingerprint density at radius 3 is 2.66 bits per heavy atom. The highest BCUT2D eigenvalue weighted by molar-refractivity contribution is 9.10. The van der Waals surface area contributed by atoms with Crippen LogP contribution in [0.4, 0.5) is 0 Å². The van der Waals surface area contributed by atoms with E-state index < -0.39 is 0 Å². The number of hydrogen-bond acceptors (Lipinski definition) is 4. The number of likely N-dealkylation sites (tertiary alicyclic amines) is 1. The first-order valence-electron chi connectivity index (χ1n) is 10.7. The first kappa shape index (κ1) is 20.5. The molecule has 1 amide bonds. The van der Waals surface area contributed by atoms with Crippen molar-refractivity contribution in [1.82, 2.24) is 19.8 Å². The summed E-state index contributed by atoms with van der Waals surface area (Å²) in [5.74, 6) is 0.746. The molecule has 1 N–H and O–H groups in total. The number of rotatable bonds is 5. The normalized spacial score (nSPS) is 19.5. The van der Waals surface area contributed by atoms with Crippen LogP contribution in [0.3, 0.4) is 0 Å². The summed E-state index contributed by atoms with van der Waals surface area (Å²) in [5.41, 5.74) is 0.453. The Balaban J connectivity index is 1.29. The van der Waals surface area contributed by atoms with E-state index in [1.807, 2.05) is 6.07 Å². The Kier molecular flexibility index (Phi) is 6.65. The molecule has 1 aliphatic heterocycles. The molecule has 1 saturated heterocycles. The topological polar surface area (TPSA) is 67.2 Å². The van der Waals surface area contributed by atoms with Gasteiger partial charge in [0.15, 0.2) is 0 Å². The zero-order valence-electron chi connectivity index (χ0n) is 16.8. The molecule has 2 heterocycles. The number of carbonyl (C=O) groups excluding carboxylic acids is 1. The molecule has 6 nitrogen and oxygen atoms in total. The molecule has 1 aromatic heterocycles. The molecule has 0 spiro atoms. The molecule has 2 aliphatic rings. The van der Waals surface area contributed by atoms with Crippen LogP contribution in [0.2, 0.25) is 0 Å². The van der Waals surface area contributed by atoms with Crippen LogP contribution in [0.5, 0.6) is 0 Å². The molecule has 2 fully saturated rings. The van der Waals surface area contributed by atoms with Crippen molar-refractivity contribution in [3.63, 3.8) is 0 Å². The van der Waals surface area contributed by atoms with Crippen molar-refractivity contribution < 1.29 is 4.79 Å². The minimum Gasteiger partial charge on any atom is -0.352 e. The molecule has 29 heavy (non-hydrogen) atoms. The van der Waals surface area contributed by atoms with Crippen LogP contribution in [-0.4, -0.2) is 46.0 Å². The summed E-state index contributed by atoms with van der Waals surface area (Å²) < 4.78 is 2.22. The highest BCUT2D eigenvalue weighted by atomic mass is 79.9. The number of hydrogen-bond donors (Lipinski definition) is 1. The Bertz CT molecular complexity index is 915. The summed E-state index contributed by atoms with van der Waals surface area (Å²) in [6.45, 7) is 3.32. The lowest BCUT2D eigenvalue weighted by Gasteiger charge is -2.35. The van der Waals surface area contributed by atoms with Crippen LogP contribution in [-0.2, 0) is 11.3 Å². The Labute approximate surface area is 179 Å². The van der Waals surface area contributed by atoms with Crippen LogP contribution in [0.15, 0.2) is 33.8 Å². The van der Waals surface area contributed by atoms with Gasteiger partial charge >= 0.3 is 0 Å². The maximum atomic E-state index is 12.7. The summed E-state index contributed by atoms with van der Waals surface area (Å²) in [4.78, 5) is 32.0. The molecular formula is C22H29BrN4O2. The second-order valence-electron chi connectivity index (χ2n) is 8.49. The van der Waals surface area contributed by atoms with E-state index in [0.717, 1.165) is 36.3 Å². The highest BCUT2D eigenvalue weighted by Crippen LogP contribution is 2.25. The number of amides is 1. The predicted molar refractivity (Wildman–Crippen MR) is 118 cm³/mol. The molecule has 156 valence electrons. The van der Waals surface area contributed by atoms with Crippen molar-refractivity contribution in [1.29, 1.82) is 0 Å². The van der Waals surface area contributed by atoms with Gasteiger partial charge in [-0.2, -0.15) is 0 Å². The van der Waals surface area contributed by atoms with Gasteiger partial charge in [0.05, 0.1) is 17.2 Å². The third kappa shape index (κ3) is 5.25. The van der Waals surface area contributed by atoms with E-state index in [2.05, 4.69) is 31.1 Å². The third-order valence-corrected chi connectivity index (χ3v) is 6.79. The second-order valence-corrected chi connectivity index (χ2v) is 9.40. The minimum atomic E-state index is -0.186. The van der Waals surface area contributed by atoms with E-state index in [1.165, 1.54) is 49.5 Å². The van der Waals surface area contributed by atoms with Crippen molar-refractivity contribution in [3.05, 3.63) is 39.4 Å². The first-order chi connectivity index (χ1) is 14.1. The molecule has 0 bridgehead atoms. The lowest BCUT2D eigenvalue weighted by Crippen LogP contribution is -2.47.